The molecule has 1 aromatic heterocycles. The normalized spacial score (nSPS) is 24.5. The fourth-order valence-corrected chi connectivity index (χ4v) is 6.17. The Kier molecular flexibility index (Phi) is 8.22. The molecule has 0 saturated carbocycles. The van der Waals surface area contributed by atoms with Gasteiger partial charge >= 0.3 is 5.97 Å². The van der Waals surface area contributed by atoms with E-state index >= 15 is 0 Å². The van der Waals surface area contributed by atoms with Gasteiger partial charge in [0.25, 0.3) is 11.8 Å². The molecule has 12 nitrogen and oxygen atoms in total. The zero-order valence-electron chi connectivity index (χ0n) is 18.5. The van der Waals surface area contributed by atoms with Crippen molar-refractivity contribution in [2.75, 3.05) is 19.0 Å². The van der Waals surface area contributed by atoms with Crippen LogP contribution in [0.4, 0.5) is 0 Å². The van der Waals surface area contributed by atoms with Crippen molar-refractivity contribution in [1.29, 1.82) is 0 Å². The molecular formula is C20H23N7O5S3. The number of amides is 2. The Morgan fingerprint density at radius 2 is 2.31 bits per heavy atom. The van der Waals surface area contributed by atoms with Gasteiger partial charge in [0.2, 0.25) is 5.84 Å². The number of hydrogen-bond acceptors (Lipinski definition) is 11. The average molecular weight is 538 g/mol. The van der Waals surface area contributed by atoms with Crippen molar-refractivity contribution in [3.63, 3.8) is 0 Å². The number of pyridine rings is 1. The molecule has 0 radical (unpaired) electrons. The molecule has 0 spiro atoms. The molecule has 0 aromatic carbocycles. The topological polar surface area (TPSA) is 162 Å². The number of fused-ring (bicyclic) bond motifs is 1. The second-order valence-electron chi connectivity index (χ2n) is 7.23. The summed E-state index contributed by atoms with van der Waals surface area (Å²) in [5, 5.41) is 21.3. The summed E-state index contributed by atoms with van der Waals surface area (Å²) in [6.07, 6.45) is 3.35. The fourth-order valence-electron chi connectivity index (χ4n) is 3.41. The van der Waals surface area contributed by atoms with Crippen LogP contribution in [0.3, 0.4) is 0 Å². The van der Waals surface area contributed by atoms with Gasteiger partial charge in [0.15, 0.2) is 0 Å². The highest BCUT2D eigenvalue weighted by molar-refractivity contribution is 8.02. The highest BCUT2D eigenvalue weighted by Gasteiger charge is 2.54. The van der Waals surface area contributed by atoms with Gasteiger partial charge in [-0.05, 0) is 48.1 Å². The van der Waals surface area contributed by atoms with Crippen LogP contribution in [0.25, 0.3) is 0 Å². The second kappa shape index (κ2) is 11.3. The number of nitrogens with zero attached hydrogens (tertiary/aromatic N) is 4. The minimum absolute atomic E-state index is 0.0338. The predicted molar refractivity (Wildman–Crippen MR) is 133 cm³/mol. The molecule has 2 amide bonds. The van der Waals surface area contributed by atoms with Crippen molar-refractivity contribution in [2.45, 2.75) is 28.9 Å². The van der Waals surface area contributed by atoms with Crippen LogP contribution in [-0.2, 0) is 19.2 Å². The van der Waals surface area contributed by atoms with Crippen molar-refractivity contribution >= 4 is 59.1 Å². The summed E-state index contributed by atoms with van der Waals surface area (Å²) in [6, 6.07) is 4.61. The van der Waals surface area contributed by atoms with Crippen LogP contribution in [-0.4, -0.2) is 78.9 Å². The SMILES string of the molecule is CCO/N=C(\C(=O)NC1C(=O)N2C(C(=O)O)=C(/C=C/Sc3ccccn3)CS[C@H]12)N1CNC(N)S1. The lowest BCUT2D eigenvalue weighted by molar-refractivity contribution is -0.150. The number of nitrogens with two attached hydrogens (primary N) is 1. The molecule has 2 fully saturated rings. The molecule has 4 rings (SSSR count). The van der Waals surface area contributed by atoms with E-state index in [1.807, 2.05) is 18.2 Å². The second-order valence-corrected chi connectivity index (χ2v) is 10.4. The number of carbonyl (C=O) groups is 3. The molecule has 2 saturated heterocycles. The maximum absolute atomic E-state index is 12.9. The molecule has 3 aliphatic rings. The quantitative estimate of drug-likeness (QED) is 0.0954. The molecule has 186 valence electrons. The van der Waals surface area contributed by atoms with Crippen LogP contribution >= 0.6 is 35.5 Å². The Balaban J connectivity index is 1.46. The van der Waals surface area contributed by atoms with Gasteiger partial charge in [-0.2, -0.15) is 0 Å². The number of nitrogens with one attached hydrogen (secondary N) is 2. The van der Waals surface area contributed by atoms with E-state index in [1.54, 1.807) is 24.6 Å². The smallest absolute Gasteiger partial charge is 0.352 e. The summed E-state index contributed by atoms with van der Waals surface area (Å²) in [4.78, 5) is 48.4. The Hall–Kier alpha value is -2.72. The molecule has 35 heavy (non-hydrogen) atoms. The highest BCUT2D eigenvalue weighted by Crippen LogP contribution is 2.41. The van der Waals surface area contributed by atoms with Crippen LogP contribution in [0.1, 0.15) is 6.92 Å². The van der Waals surface area contributed by atoms with Crippen LogP contribution in [0.2, 0.25) is 0 Å². The number of aromatic nitrogens is 1. The van der Waals surface area contributed by atoms with Crippen molar-refractivity contribution in [3.8, 4) is 0 Å². The molecule has 3 aliphatic heterocycles. The van der Waals surface area contributed by atoms with E-state index in [-0.39, 0.29) is 24.8 Å². The van der Waals surface area contributed by atoms with Crippen LogP contribution in [0.5, 0.6) is 0 Å². The maximum atomic E-state index is 12.9. The van der Waals surface area contributed by atoms with Gasteiger partial charge in [0.1, 0.15) is 34.2 Å². The molecule has 15 heteroatoms. The van der Waals surface area contributed by atoms with Gasteiger partial charge in [-0.1, -0.05) is 23.0 Å². The van der Waals surface area contributed by atoms with E-state index in [0.29, 0.717) is 11.3 Å². The van der Waals surface area contributed by atoms with E-state index in [0.717, 1.165) is 5.03 Å². The Morgan fingerprint density at radius 1 is 1.49 bits per heavy atom. The first-order chi connectivity index (χ1) is 16.9. The lowest BCUT2D eigenvalue weighted by atomic mass is 10.0. The number of oxime groups is 1. The van der Waals surface area contributed by atoms with Crippen LogP contribution < -0.4 is 16.4 Å². The predicted octanol–water partition coefficient (Wildman–Crippen LogP) is 0.529. The number of thioether (sulfide) groups is 2. The zero-order valence-corrected chi connectivity index (χ0v) is 20.9. The summed E-state index contributed by atoms with van der Waals surface area (Å²) >= 11 is 3.89. The summed E-state index contributed by atoms with van der Waals surface area (Å²) in [7, 11) is 0. The van der Waals surface area contributed by atoms with E-state index in [9.17, 15) is 19.5 Å². The number of aliphatic carboxylic acids is 1. The monoisotopic (exact) mass is 537 g/mol. The Labute approximate surface area is 213 Å². The van der Waals surface area contributed by atoms with Crippen molar-refractivity contribution < 1.29 is 24.3 Å². The maximum Gasteiger partial charge on any atom is 0.352 e. The number of hydrogen-bond donors (Lipinski definition) is 4. The van der Waals surface area contributed by atoms with Gasteiger partial charge in [-0.3, -0.25) is 24.1 Å². The van der Waals surface area contributed by atoms with Crippen molar-refractivity contribution in [2.24, 2.45) is 10.9 Å². The minimum atomic E-state index is -1.21. The molecule has 4 heterocycles. The Bertz CT molecular complexity index is 1080. The summed E-state index contributed by atoms with van der Waals surface area (Å²) < 4.78 is 1.54. The van der Waals surface area contributed by atoms with Gasteiger partial charge in [0, 0.05) is 11.9 Å². The van der Waals surface area contributed by atoms with Crippen LogP contribution in [0.15, 0.2) is 57.3 Å². The first kappa shape index (κ1) is 25.4. The van der Waals surface area contributed by atoms with E-state index in [1.165, 1.54) is 44.7 Å². The van der Waals surface area contributed by atoms with Gasteiger partial charge in [-0.15, -0.1) is 11.8 Å². The Morgan fingerprint density at radius 3 is 2.97 bits per heavy atom. The third-order valence-electron chi connectivity index (χ3n) is 4.98. The molecule has 1 aromatic rings. The first-order valence-electron chi connectivity index (χ1n) is 10.5. The van der Waals surface area contributed by atoms with E-state index in [2.05, 4.69) is 20.8 Å². The number of rotatable bonds is 7. The first-order valence-corrected chi connectivity index (χ1v) is 13.3. The lowest BCUT2D eigenvalue weighted by Crippen LogP contribution is -2.71. The van der Waals surface area contributed by atoms with Gasteiger partial charge in [0.05, 0.1) is 6.67 Å². The highest BCUT2D eigenvalue weighted by atomic mass is 32.2. The van der Waals surface area contributed by atoms with Gasteiger partial charge < -0.3 is 21.0 Å². The molecular weight excluding hydrogens is 514 g/mol. The number of carbonyl (C=O) groups excluding carboxylic acids is 2. The number of β-lactam (4-membered cyclic amide) rings is 1. The van der Waals surface area contributed by atoms with E-state index in [4.69, 9.17) is 10.6 Å². The van der Waals surface area contributed by atoms with Gasteiger partial charge in [-0.25, -0.2) is 9.78 Å². The van der Waals surface area contributed by atoms with Crippen molar-refractivity contribution in [3.05, 3.63) is 47.2 Å². The number of allylic oxidation sites excluding steroid dienone is 1. The standard InChI is InChI=1S/C20H23N7O5S3/c1-2-32-25-15(26-10-23-20(21)35-26)16(28)24-13-17(29)27-14(19(30)31)11(9-34-18(13)27)6-8-33-12-5-3-4-7-22-12/h3-8,13,18,20,23H,2,9-10,21H2,1H3,(H,24,28)(H,30,31)/b8-6+,25-15+/t13?,18-,20?/m1/s1. The summed E-state index contributed by atoms with van der Waals surface area (Å²) in [6.45, 7) is 2.25. The molecule has 0 bridgehead atoms. The molecule has 0 aliphatic carbocycles. The third kappa shape index (κ3) is 5.59. The minimum Gasteiger partial charge on any atom is -0.477 e. The van der Waals surface area contributed by atoms with Crippen LogP contribution in [0, 0.1) is 0 Å². The molecule has 2 unspecified atom stereocenters. The number of carboxylic acid groups (broad SMARTS) is 1. The summed E-state index contributed by atoms with van der Waals surface area (Å²) in [5.41, 5.74) is 5.82. The summed E-state index contributed by atoms with van der Waals surface area (Å²) in [5.74, 6) is -1.99. The zero-order chi connectivity index (χ0) is 24.9. The number of carboxylic acids is 1. The average Bonchev–Trinajstić information content (AvgIpc) is 3.28. The fraction of sp³-hybridized carbons (Fsp3) is 0.350. The molecule has 3 atom stereocenters. The molecule has 5 N–H and O–H groups in total. The third-order valence-corrected chi connectivity index (χ3v) is 7.99. The van der Waals surface area contributed by atoms with Crippen molar-refractivity contribution in [1.82, 2.24) is 24.8 Å². The largest absolute Gasteiger partial charge is 0.477 e. The van der Waals surface area contributed by atoms with E-state index < -0.39 is 34.7 Å². The number of amidine groups is 1. The lowest BCUT2D eigenvalue weighted by Gasteiger charge is -2.49.